The first-order valence-corrected chi connectivity index (χ1v) is 7.62. The normalized spacial score (nSPS) is 19.4. The molecule has 1 saturated heterocycles. The summed E-state index contributed by atoms with van der Waals surface area (Å²) in [5.74, 6) is 0.763. The monoisotopic (exact) mass is 276 g/mol. The molecule has 3 heterocycles. The van der Waals surface area contributed by atoms with Gasteiger partial charge in [0.2, 0.25) is 5.91 Å². The lowest BCUT2D eigenvalue weighted by molar-refractivity contribution is -0.128. The van der Waals surface area contributed by atoms with Crippen molar-refractivity contribution in [3.63, 3.8) is 0 Å². The van der Waals surface area contributed by atoms with E-state index in [4.69, 9.17) is 0 Å². The molecule has 0 spiro atoms. The highest BCUT2D eigenvalue weighted by molar-refractivity contribution is 8.00. The largest absolute Gasteiger partial charge is 0.319 e. The summed E-state index contributed by atoms with van der Waals surface area (Å²) in [6, 6.07) is 9.92. The number of nitrogens with zero attached hydrogens (tertiary/aromatic N) is 2. The van der Waals surface area contributed by atoms with Gasteiger partial charge in [0.15, 0.2) is 0 Å². The van der Waals surface area contributed by atoms with Gasteiger partial charge in [0.05, 0.1) is 18.0 Å². The Morgan fingerprint density at radius 3 is 3.00 bits per heavy atom. The first kappa shape index (κ1) is 11.7. The fraction of sp³-hybridized carbons (Fsp3) is 0.231. The van der Waals surface area contributed by atoms with Gasteiger partial charge in [-0.25, -0.2) is 0 Å². The van der Waals surface area contributed by atoms with E-state index in [2.05, 4.69) is 16.4 Å². The molecule has 0 N–H and O–H groups in total. The third-order valence-electron chi connectivity index (χ3n) is 2.81. The van der Waals surface area contributed by atoms with E-state index in [1.54, 1.807) is 29.3 Å². The zero-order valence-corrected chi connectivity index (χ0v) is 11.3. The third kappa shape index (κ3) is 2.28. The van der Waals surface area contributed by atoms with Crippen molar-refractivity contribution in [2.75, 3.05) is 5.75 Å². The number of aromatic nitrogens is 1. The highest BCUT2D eigenvalue weighted by Crippen LogP contribution is 2.41. The van der Waals surface area contributed by atoms with E-state index in [0.717, 1.165) is 5.69 Å². The maximum Gasteiger partial charge on any atom is 0.234 e. The molecule has 1 aliphatic heterocycles. The number of thioether (sulfide) groups is 1. The van der Waals surface area contributed by atoms with Crippen molar-refractivity contribution in [1.29, 1.82) is 0 Å². The van der Waals surface area contributed by atoms with E-state index < -0.39 is 0 Å². The molecule has 1 fully saturated rings. The van der Waals surface area contributed by atoms with Crippen molar-refractivity contribution >= 4 is 29.0 Å². The summed E-state index contributed by atoms with van der Waals surface area (Å²) < 4.78 is 0. The molecule has 1 amide bonds. The van der Waals surface area contributed by atoms with E-state index in [0.29, 0.717) is 12.3 Å². The van der Waals surface area contributed by atoms with Crippen LogP contribution in [0.15, 0.2) is 41.9 Å². The Balaban J connectivity index is 1.82. The highest BCUT2D eigenvalue weighted by Gasteiger charge is 2.33. The second-order valence-corrected chi connectivity index (χ2v) is 6.07. The number of pyridine rings is 1. The molecule has 2 aromatic rings. The van der Waals surface area contributed by atoms with E-state index in [9.17, 15) is 4.79 Å². The summed E-state index contributed by atoms with van der Waals surface area (Å²) in [5, 5.41) is 2.21. The maximum absolute atomic E-state index is 12.0. The Hall–Kier alpha value is -1.33. The molecule has 0 aromatic carbocycles. The van der Waals surface area contributed by atoms with Gasteiger partial charge in [-0.2, -0.15) is 0 Å². The molecule has 1 unspecified atom stereocenters. The summed E-state index contributed by atoms with van der Waals surface area (Å²) in [5.41, 5.74) is 0.940. The first-order chi connectivity index (χ1) is 8.84. The number of carbonyl (C=O) groups excluding carboxylic acids is 1. The van der Waals surface area contributed by atoms with Crippen LogP contribution in [-0.4, -0.2) is 21.5 Å². The van der Waals surface area contributed by atoms with Gasteiger partial charge < -0.3 is 4.90 Å². The minimum absolute atomic E-state index is 0.152. The average molecular weight is 276 g/mol. The lowest BCUT2D eigenvalue weighted by Crippen LogP contribution is -2.27. The molecule has 3 rings (SSSR count). The molecule has 2 aromatic heterocycles. The Labute approximate surface area is 114 Å². The van der Waals surface area contributed by atoms with Crippen molar-refractivity contribution in [3.8, 4) is 0 Å². The number of rotatable bonds is 3. The third-order valence-corrected chi connectivity index (χ3v) is 5.12. The lowest BCUT2D eigenvalue weighted by atomic mass is 10.3. The van der Waals surface area contributed by atoms with Crippen LogP contribution in [0.2, 0.25) is 0 Å². The van der Waals surface area contributed by atoms with Gasteiger partial charge in [-0.15, -0.1) is 23.1 Å². The van der Waals surface area contributed by atoms with Crippen molar-refractivity contribution in [3.05, 3.63) is 52.5 Å². The fourth-order valence-corrected chi connectivity index (χ4v) is 4.13. The van der Waals surface area contributed by atoms with Crippen LogP contribution in [0.1, 0.15) is 15.9 Å². The maximum atomic E-state index is 12.0. The summed E-state index contributed by atoms with van der Waals surface area (Å²) in [4.78, 5) is 19.4. The van der Waals surface area contributed by atoms with Crippen LogP contribution < -0.4 is 0 Å². The van der Waals surface area contributed by atoms with E-state index in [1.165, 1.54) is 4.88 Å². The van der Waals surface area contributed by atoms with E-state index in [-0.39, 0.29) is 11.3 Å². The number of carbonyl (C=O) groups is 1. The molecule has 5 heteroatoms. The average Bonchev–Trinajstić information content (AvgIpc) is 3.02. The topological polar surface area (TPSA) is 33.2 Å². The Kier molecular flexibility index (Phi) is 3.34. The lowest BCUT2D eigenvalue weighted by Gasteiger charge is -2.22. The van der Waals surface area contributed by atoms with Gasteiger partial charge in [-0.1, -0.05) is 12.1 Å². The number of amides is 1. The zero-order chi connectivity index (χ0) is 12.4. The zero-order valence-electron chi connectivity index (χ0n) is 9.65. The standard InChI is InChI=1S/C13H12N2OS2/c16-12-9-18-13(11-5-3-7-17-11)15(12)8-10-4-1-2-6-14-10/h1-7,13H,8-9H2. The van der Waals surface area contributed by atoms with Gasteiger partial charge in [0.1, 0.15) is 5.37 Å². The van der Waals surface area contributed by atoms with Crippen molar-refractivity contribution in [2.45, 2.75) is 11.9 Å². The minimum Gasteiger partial charge on any atom is -0.319 e. The molecule has 1 aliphatic rings. The summed E-state index contributed by atoms with van der Waals surface area (Å²) >= 11 is 3.40. The molecule has 0 saturated carbocycles. The van der Waals surface area contributed by atoms with Gasteiger partial charge in [-0.05, 0) is 23.6 Å². The Bertz CT molecular complexity index is 527. The SMILES string of the molecule is O=C1CSC(c2cccs2)N1Cc1ccccn1. The minimum atomic E-state index is 0.152. The van der Waals surface area contributed by atoms with Crippen molar-refractivity contribution in [1.82, 2.24) is 9.88 Å². The molecular formula is C13H12N2OS2. The predicted molar refractivity (Wildman–Crippen MR) is 74.3 cm³/mol. The number of thiophene rings is 1. The van der Waals surface area contributed by atoms with E-state index >= 15 is 0 Å². The van der Waals surface area contributed by atoms with Crippen LogP contribution in [0.25, 0.3) is 0 Å². The molecular weight excluding hydrogens is 264 g/mol. The Morgan fingerprint density at radius 2 is 2.28 bits per heavy atom. The highest BCUT2D eigenvalue weighted by atomic mass is 32.2. The summed E-state index contributed by atoms with van der Waals surface area (Å²) in [6.45, 7) is 0.592. The second kappa shape index (κ2) is 5.12. The summed E-state index contributed by atoms with van der Waals surface area (Å²) in [6.07, 6.45) is 1.77. The van der Waals surface area contributed by atoms with Crippen molar-refractivity contribution < 1.29 is 4.79 Å². The van der Waals surface area contributed by atoms with Crippen LogP contribution in [0, 0.1) is 0 Å². The van der Waals surface area contributed by atoms with Gasteiger partial charge in [0.25, 0.3) is 0 Å². The molecule has 1 atom stereocenters. The van der Waals surface area contributed by atoms with Crippen LogP contribution >= 0.6 is 23.1 Å². The van der Waals surface area contributed by atoms with Crippen LogP contribution in [0.3, 0.4) is 0 Å². The Morgan fingerprint density at radius 1 is 1.33 bits per heavy atom. The van der Waals surface area contributed by atoms with Gasteiger partial charge in [0, 0.05) is 11.1 Å². The summed E-state index contributed by atoms with van der Waals surface area (Å²) in [7, 11) is 0. The number of hydrogen-bond acceptors (Lipinski definition) is 4. The first-order valence-electron chi connectivity index (χ1n) is 5.69. The molecule has 18 heavy (non-hydrogen) atoms. The quantitative estimate of drug-likeness (QED) is 0.864. The fourth-order valence-electron chi connectivity index (χ4n) is 1.96. The van der Waals surface area contributed by atoms with Crippen LogP contribution in [0.4, 0.5) is 0 Å². The van der Waals surface area contributed by atoms with Crippen LogP contribution in [-0.2, 0) is 11.3 Å². The predicted octanol–water partition coefficient (Wildman–Crippen LogP) is 2.92. The van der Waals surface area contributed by atoms with Gasteiger partial charge in [-0.3, -0.25) is 9.78 Å². The molecule has 0 radical (unpaired) electrons. The molecule has 92 valence electrons. The van der Waals surface area contributed by atoms with Crippen molar-refractivity contribution in [2.24, 2.45) is 0 Å². The second-order valence-electron chi connectivity index (χ2n) is 4.02. The van der Waals surface area contributed by atoms with Crippen LogP contribution in [0.5, 0.6) is 0 Å². The molecule has 0 bridgehead atoms. The van der Waals surface area contributed by atoms with E-state index in [1.807, 2.05) is 29.2 Å². The number of hydrogen-bond donors (Lipinski definition) is 0. The van der Waals surface area contributed by atoms with Gasteiger partial charge >= 0.3 is 0 Å². The smallest absolute Gasteiger partial charge is 0.234 e. The molecule has 0 aliphatic carbocycles. The molecule has 3 nitrogen and oxygen atoms in total.